The molecule has 0 bridgehead atoms. The highest BCUT2D eigenvalue weighted by Gasteiger charge is 2.15. The molecular formula is C21H30N4S. The third-order valence-electron chi connectivity index (χ3n) is 5.11. The van der Waals surface area contributed by atoms with Crippen molar-refractivity contribution in [3.8, 4) is 0 Å². The minimum atomic E-state index is 0.209. The third-order valence-corrected chi connectivity index (χ3v) is 5.81. The summed E-state index contributed by atoms with van der Waals surface area (Å²) in [5.74, 6) is 1.32. The van der Waals surface area contributed by atoms with Gasteiger partial charge in [0, 0.05) is 32.4 Å². The van der Waals surface area contributed by atoms with Crippen molar-refractivity contribution in [3.63, 3.8) is 0 Å². The summed E-state index contributed by atoms with van der Waals surface area (Å²) in [6, 6.07) is 11.3. The molecule has 2 N–H and O–H groups in total. The Morgan fingerprint density at radius 1 is 1.19 bits per heavy atom. The zero-order valence-electron chi connectivity index (χ0n) is 16.0. The number of hydrogen-bond acceptors (Lipinski definition) is 3. The van der Waals surface area contributed by atoms with Crippen LogP contribution in [0.25, 0.3) is 0 Å². The molecule has 26 heavy (non-hydrogen) atoms. The predicted molar refractivity (Wildman–Crippen MR) is 114 cm³/mol. The topological polar surface area (TPSA) is 39.7 Å². The molecule has 4 nitrogen and oxygen atoms in total. The molecule has 2 unspecified atom stereocenters. The van der Waals surface area contributed by atoms with E-state index in [9.17, 15) is 0 Å². The Bertz CT molecular complexity index is 705. The van der Waals surface area contributed by atoms with Crippen molar-refractivity contribution in [3.05, 3.63) is 52.2 Å². The van der Waals surface area contributed by atoms with Gasteiger partial charge >= 0.3 is 0 Å². The molecule has 1 saturated heterocycles. The van der Waals surface area contributed by atoms with Crippen molar-refractivity contribution >= 4 is 23.0 Å². The van der Waals surface area contributed by atoms with Crippen LogP contribution in [0.1, 0.15) is 49.8 Å². The molecule has 1 aliphatic rings. The van der Waals surface area contributed by atoms with E-state index in [1.807, 2.05) is 7.05 Å². The smallest absolute Gasteiger partial charge is 0.191 e. The van der Waals surface area contributed by atoms with Gasteiger partial charge in [-0.05, 0) is 65.8 Å². The van der Waals surface area contributed by atoms with Gasteiger partial charge in [0.25, 0.3) is 0 Å². The second-order valence-corrected chi connectivity index (χ2v) is 7.85. The normalized spacial score (nSPS) is 17.2. The van der Waals surface area contributed by atoms with Gasteiger partial charge in [-0.1, -0.05) is 19.1 Å². The first-order chi connectivity index (χ1) is 12.7. The lowest BCUT2D eigenvalue weighted by Gasteiger charge is -2.22. The summed E-state index contributed by atoms with van der Waals surface area (Å²) in [5.41, 5.74) is 4.01. The van der Waals surface area contributed by atoms with Crippen molar-refractivity contribution in [1.82, 2.24) is 10.6 Å². The summed E-state index contributed by atoms with van der Waals surface area (Å²) in [4.78, 5) is 6.87. The van der Waals surface area contributed by atoms with Gasteiger partial charge in [-0.25, -0.2) is 0 Å². The van der Waals surface area contributed by atoms with E-state index in [1.54, 1.807) is 11.3 Å². The molecule has 1 aromatic carbocycles. The van der Waals surface area contributed by atoms with E-state index < -0.39 is 0 Å². The lowest BCUT2D eigenvalue weighted by atomic mass is 10.1. The Labute approximate surface area is 161 Å². The molecule has 1 fully saturated rings. The number of benzene rings is 1. The molecule has 0 aliphatic carbocycles. The number of nitrogens with one attached hydrogen (secondary N) is 2. The monoisotopic (exact) mass is 370 g/mol. The molecule has 0 spiro atoms. The quantitative estimate of drug-likeness (QED) is 0.586. The molecule has 3 rings (SSSR count). The maximum Gasteiger partial charge on any atom is 0.191 e. The van der Waals surface area contributed by atoms with Crippen molar-refractivity contribution < 1.29 is 0 Å². The van der Waals surface area contributed by atoms with Crippen LogP contribution >= 0.6 is 11.3 Å². The maximum absolute atomic E-state index is 4.39. The molecular weight excluding hydrogens is 340 g/mol. The number of anilines is 1. The van der Waals surface area contributed by atoms with Crippen LogP contribution in [0.15, 0.2) is 46.1 Å². The summed E-state index contributed by atoms with van der Waals surface area (Å²) in [6.45, 7) is 7.66. The first-order valence-corrected chi connectivity index (χ1v) is 10.5. The van der Waals surface area contributed by atoms with Crippen LogP contribution in [-0.2, 0) is 0 Å². The zero-order valence-corrected chi connectivity index (χ0v) is 16.9. The fraction of sp³-hybridized carbons (Fsp3) is 0.476. The van der Waals surface area contributed by atoms with E-state index in [4.69, 9.17) is 0 Å². The van der Waals surface area contributed by atoms with Gasteiger partial charge in [0.15, 0.2) is 5.96 Å². The van der Waals surface area contributed by atoms with E-state index in [-0.39, 0.29) is 6.04 Å². The molecule has 2 aromatic rings. The van der Waals surface area contributed by atoms with Gasteiger partial charge < -0.3 is 15.5 Å². The van der Waals surface area contributed by atoms with Crippen LogP contribution in [0.3, 0.4) is 0 Å². The van der Waals surface area contributed by atoms with E-state index in [2.05, 4.69) is 75.5 Å². The molecule has 2 heterocycles. The van der Waals surface area contributed by atoms with E-state index in [0.717, 1.165) is 12.5 Å². The minimum Gasteiger partial charge on any atom is -0.372 e. The number of guanidine groups is 1. The Hall–Kier alpha value is -2.01. The molecule has 140 valence electrons. The molecule has 5 heteroatoms. The van der Waals surface area contributed by atoms with Crippen LogP contribution in [0.2, 0.25) is 0 Å². The van der Waals surface area contributed by atoms with E-state index in [1.165, 1.54) is 42.7 Å². The third kappa shape index (κ3) is 4.79. The lowest BCUT2D eigenvalue weighted by Crippen LogP contribution is -2.40. The summed E-state index contributed by atoms with van der Waals surface area (Å²) < 4.78 is 0. The molecule has 0 radical (unpaired) electrons. The average Bonchev–Trinajstić information content (AvgIpc) is 3.38. The van der Waals surface area contributed by atoms with E-state index in [0.29, 0.717) is 5.92 Å². The van der Waals surface area contributed by atoms with Gasteiger partial charge in [0.2, 0.25) is 0 Å². The summed E-state index contributed by atoms with van der Waals surface area (Å²) in [5, 5.41) is 11.3. The number of hydrogen-bond donors (Lipinski definition) is 2. The van der Waals surface area contributed by atoms with Crippen molar-refractivity contribution in [2.75, 3.05) is 31.6 Å². The highest BCUT2D eigenvalue weighted by Crippen LogP contribution is 2.24. The number of nitrogens with zero attached hydrogens (tertiary/aromatic N) is 2. The Morgan fingerprint density at radius 3 is 2.69 bits per heavy atom. The standard InChI is InChI=1S/C21H30N4S/c1-16(19-9-12-26-15-19)14-23-21(22-3)24-17(2)18-7-6-8-20(13-18)25-10-4-5-11-25/h6-9,12-13,15-17H,4-5,10-11,14H2,1-3H3,(H2,22,23,24). The minimum absolute atomic E-state index is 0.209. The summed E-state index contributed by atoms with van der Waals surface area (Å²) >= 11 is 1.75. The van der Waals surface area contributed by atoms with Crippen LogP contribution in [0.5, 0.6) is 0 Å². The van der Waals surface area contributed by atoms with Crippen molar-refractivity contribution in [2.45, 2.75) is 38.6 Å². The Kier molecular flexibility index (Phi) is 6.56. The van der Waals surface area contributed by atoms with Crippen LogP contribution in [-0.4, -0.2) is 32.6 Å². The van der Waals surface area contributed by atoms with E-state index >= 15 is 0 Å². The summed E-state index contributed by atoms with van der Waals surface area (Å²) in [6.07, 6.45) is 2.60. The number of aliphatic imine (C=N–C) groups is 1. The van der Waals surface area contributed by atoms with Crippen molar-refractivity contribution in [1.29, 1.82) is 0 Å². The average molecular weight is 371 g/mol. The predicted octanol–water partition coefficient (Wildman–Crippen LogP) is 4.38. The Morgan fingerprint density at radius 2 is 2.00 bits per heavy atom. The van der Waals surface area contributed by atoms with Gasteiger partial charge in [-0.15, -0.1) is 0 Å². The number of thiophene rings is 1. The molecule has 1 aromatic heterocycles. The maximum atomic E-state index is 4.39. The van der Waals surface area contributed by atoms with Gasteiger partial charge in [-0.3, -0.25) is 4.99 Å². The second kappa shape index (κ2) is 9.08. The first kappa shape index (κ1) is 18.8. The van der Waals surface area contributed by atoms with Crippen LogP contribution in [0.4, 0.5) is 5.69 Å². The van der Waals surface area contributed by atoms with Gasteiger partial charge in [0.1, 0.15) is 0 Å². The lowest BCUT2D eigenvalue weighted by molar-refractivity contribution is 0.658. The van der Waals surface area contributed by atoms with Crippen molar-refractivity contribution in [2.24, 2.45) is 4.99 Å². The molecule has 0 amide bonds. The fourth-order valence-corrected chi connectivity index (χ4v) is 4.15. The summed E-state index contributed by atoms with van der Waals surface area (Å²) in [7, 11) is 1.83. The van der Waals surface area contributed by atoms with Crippen LogP contribution < -0.4 is 15.5 Å². The van der Waals surface area contributed by atoms with Gasteiger partial charge in [-0.2, -0.15) is 11.3 Å². The SMILES string of the molecule is CN=C(NCC(C)c1ccsc1)NC(C)c1cccc(N2CCCC2)c1. The molecule has 1 aliphatic heterocycles. The highest BCUT2D eigenvalue weighted by atomic mass is 32.1. The molecule has 2 atom stereocenters. The largest absolute Gasteiger partial charge is 0.372 e. The molecule has 0 saturated carbocycles. The number of rotatable bonds is 6. The first-order valence-electron chi connectivity index (χ1n) is 9.51. The Balaban J connectivity index is 1.57. The fourth-order valence-electron chi connectivity index (χ4n) is 3.37. The van der Waals surface area contributed by atoms with Gasteiger partial charge in [0.05, 0.1) is 6.04 Å². The highest BCUT2D eigenvalue weighted by molar-refractivity contribution is 7.07. The second-order valence-electron chi connectivity index (χ2n) is 7.07. The van der Waals surface area contributed by atoms with Crippen LogP contribution in [0, 0.1) is 0 Å². The zero-order chi connectivity index (χ0) is 18.4.